The topological polar surface area (TPSA) is 38.3 Å². The highest BCUT2D eigenvalue weighted by molar-refractivity contribution is 5.78. The Labute approximate surface area is 97.9 Å². The molecule has 1 amide bonds. The third kappa shape index (κ3) is 3.24. The Kier molecular flexibility index (Phi) is 4.82. The highest BCUT2D eigenvalue weighted by Crippen LogP contribution is 2.37. The number of ether oxygens (including phenoxy) is 1. The van der Waals surface area contributed by atoms with E-state index < -0.39 is 0 Å². The van der Waals surface area contributed by atoms with Gasteiger partial charge >= 0.3 is 0 Å². The largest absolute Gasteiger partial charge is 0.378 e. The molecule has 1 aliphatic rings. The molecule has 1 saturated carbocycles. The molecule has 1 rings (SSSR count). The molecule has 0 aromatic carbocycles. The zero-order valence-electron chi connectivity index (χ0n) is 10.2. The number of hydrogen-bond acceptors (Lipinski definition) is 2. The second kappa shape index (κ2) is 5.91. The maximum absolute atomic E-state index is 11.8. The lowest BCUT2D eigenvalue weighted by atomic mass is 9.77. The zero-order chi connectivity index (χ0) is 12.0. The quantitative estimate of drug-likeness (QED) is 0.698. The molecule has 0 bridgehead atoms. The van der Waals surface area contributed by atoms with Crippen molar-refractivity contribution in [2.45, 2.75) is 57.1 Å². The molecule has 0 radical (unpaired) electrons. The highest BCUT2D eigenvalue weighted by Gasteiger charge is 2.39. The Morgan fingerprint density at radius 2 is 2.31 bits per heavy atom. The van der Waals surface area contributed by atoms with E-state index in [1.165, 1.54) is 0 Å². The van der Waals surface area contributed by atoms with E-state index in [0.717, 1.165) is 32.1 Å². The maximum atomic E-state index is 11.8. The summed E-state index contributed by atoms with van der Waals surface area (Å²) >= 11 is 0. The molecule has 0 spiro atoms. The number of hydrogen-bond donors (Lipinski definition) is 1. The van der Waals surface area contributed by atoms with Crippen molar-refractivity contribution in [3.8, 4) is 12.3 Å². The van der Waals surface area contributed by atoms with Crippen LogP contribution < -0.4 is 5.32 Å². The van der Waals surface area contributed by atoms with Gasteiger partial charge in [-0.1, -0.05) is 19.3 Å². The van der Waals surface area contributed by atoms with Crippen molar-refractivity contribution in [2.24, 2.45) is 0 Å². The molecule has 3 heteroatoms. The minimum Gasteiger partial charge on any atom is -0.378 e. The summed E-state index contributed by atoms with van der Waals surface area (Å²) in [5.41, 5.74) is -0.213. The Hall–Kier alpha value is -1.01. The molecule has 0 aliphatic heterocycles. The fourth-order valence-electron chi connectivity index (χ4n) is 2.05. The van der Waals surface area contributed by atoms with Crippen LogP contribution in [0.2, 0.25) is 0 Å². The van der Waals surface area contributed by atoms with Gasteiger partial charge in [0, 0.05) is 7.11 Å². The van der Waals surface area contributed by atoms with Crippen molar-refractivity contribution in [3.05, 3.63) is 0 Å². The Morgan fingerprint density at radius 1 is 1.62 bits per heavy atom. The molecule has 0 aromatic rings. The van der Waals surface area contributed by atoms with Crippen molar-refractivity contribution in [1.82, 2.24) is 5.32 Å². The lowest BCUT2D eigenvalue weighted by molar-refractivity contribution is -0.134. The number of methoxy groups -OCH3 is 1. The zero-order valence-corrected chi connectivity index (χ0v) is 10.2. The summed E-state index contributed by atoms with van der Waals surface area (Å²) in [5.74, 6) is 2.61. The van der Waals surface area contributed by atoms with Gasteiger partial charge in [-0.2, -0.15) is 0 Å². The second-order valence-electron chi connectivity index (χ2n) is 4.49. The maximum Gasteiger partial charge on any atom is 0.223 e. The summed E-state index contributed by atoms with van der Waals surface area (Å²) in [7, 11) is 1.68. The molecule has 1 fully saturated rings. The molecule has 1 unspecified atom stereocenters. The van der Waals surface area contributed by atoms with E-state index in [-0.39, 0.29) is 17.6 Å². The predicted molar refractivity (Wildman–Crippen MR) is 63.9 cm³/mol. The van der Waals surface area contributed by atoms with Gasteiger partial charge in [-0.15, -0.1) is 6.42 Å². The Balaban J connectivity index is 2.37. The summed E-state index contributed by atoms with van der Waals surface area (Å²) in [5, 5.41) is 2.87. The van der Waals surface area contributed by atoms with E-state index in [4.69, 9.17) is 11.2 Å². The molecule has 3 nitrogen and oxygen atoms in total. The van der Waals surface area contributed by atoms with Gasteiger partial charge in [-0.3, -0.25) is 4.79 Å². The van der Waals surface area contributed by atoms with Crippen LogP contribution in [0.15, 0.2) is 0 Å². The fraction of sp³-hybridized carbons (Fsp3) is 0.769. The molecule has 0 heterocycles. The first kappa shape index (κ1) is 13.1. The normalized spacial score (nSPS) is 19.3. The summed E-state index contributed by atoms with van der Waals surface area (Å²) in [6.45, 7) is 2.05. The molecule has 90 valence electrons. The van der Waals surface area contributed by atoms with Crippen molar-refractivity contribution < 1.29 is 9.53 Å². The van der Waals surface area contributed by atoms with Crippen LogP contribution in [0.1, 0.15) is 45.4 Å². The second-order valence-corrected chi connectivity index (χ2v) is 4.49. The third-order valence-electron chi connectivity index (χ3n) is 3.29. The summed E-state index contributed by atoms with van der Waals surface area (Å²) in [4.78, 5) is 11.8. The average Bonchev–Trinajstić information content (AvgIpc) is 2.23. The number of terminal acetylenes is 1. The monoisotopic (exact) mass is 223 g/mol. The van der Waals surface area contributed by atoms with Crippen molar-refractivity contribution >= 4 is 5.91 Å². The molecule has 1 N–H and O–H groups in total. The summed E-state index contributed by atoms with van der Waals surface area (Å²) < 4.78 is 5.41. The SMILES string of the molecule is C#CC(CCC)NC(=O)CC1(OC)CCC1. The van der Waals surface area contributed by atoms with Crippen LogP contribution in [0.5, 0.6) is 0 Å². The number of carbonyl (C=O) groups is 1. The van der Waals surface area contributed by atoms with Crippen LogP contribution >= 0.6 is 0 Å². The van der Waals surface area contributed by atoms with Gasteiger partial charge in [0.25, 0.3) is 0 Å². The van der Waals surface area contributed by atoms with Gasteiger partial charge in [0.2, 0.25) is 5.91 Å². The van der Waals surface area contributed by atoms with Crippen LogP contribution in [-0.2, 0) is 9.53 Å². The third-order valence-corrected chi connectivity index (χ3v) is 3.29. The predicted octanol–water partition coefficient (Wildman–Crippen LogP) is 1.86. The smallest absolute Gasteiger partial charge is 0.223 e. The van der Waals surface area contributed by atoms with E-state index in [0.29, 0.717) is 6.42 Å². The first-order valence-corrected chi connectivity index (χ1v) is 5.96. The van der Waals surface area contributed by atoms with Crippen LogP contribution in [0.25, 0.3) is 0 Å². The standard InChI is InChI=1S/C13H21NO2/c1-4-7-11(5-2)14-12(15)10-13(16-3)8-6-9-13/h2,11H,4,6-10H2,1,3H3,(H,14,15). The fourth-order valence-corrected chi connectivity index (χ4v) is 2.05. The molecule has 16 heavy (non-hydrogen) atoms. The van der Waals surface area contributed by atoms with Crippen molar-refractivity contribution in [3.63, 3.8) is 0 Å². The number of carbonyl (C=O) groups excluding carboxylic acids is 1. The van der Waals surface area contributed by atoms with Gasteiger partial charge in [-0.05, 0) is 25.7 Å². The highest BCUT2D eigenvalue weighted by atomic mass is 16.5. The Bertz CT molecular complexity index is 271. The first-order chi connectivity index (χ1) is 7.65. The van der Waals surface area contributed by atoms with Gasteiger partial charge < -0.3 is 10.1 Å². The molecule has 0 aromatic heterocycles. The minimum absolute atomic E-state index is 0.0120. The van der Waals surface area contributed by atoms with Crippen LogP contribution in [-0.4, -0.2) is 24.7 Å². The Morgan fingerprint density at radius 3 is 2.69 bits per heavy atom. The first-order valence-electron chi connectivity index (χ1n) is 5.96. The lowest BCUT2D eigenvalue weighted by Crippen LogP contribution is -2.45. The van der Waals surface area contributed by atoms with Gasteiger partial charge in [0.1, 0.15) is 0 Å². The van der Waals surface area contributed by atoms with E-state index in [1.54, 1.807) is 7.11 Å². The van der Waals surface area contributed by atoms with Crippen LogP contribution in [0.3, 0.4) is 0 Å². The van der Waals surface area contributed by atoms with Gasteiger partial charge in [-0.25, -0.2) is 0 Å². The molecular weight excluding hydrogens is 202 g/mol. The van der Waals surface area contributed by atoms with E-state index in [2.05, 4.69) is 18.2 Å². The summed E-state index contributed by atoms with van der Waals surface area (Å²) in [6, 6.07) is -0.133. The van der Waals surface area contributed by atoms with Gasteiger partial charge in [0.05, 0.1) is 18.1 Å². The van der Waals surface area contributed by atoms with Gasteiger partial charge in [0.15, 0.2) is 0 Å². The van der Waals surface area contributed by atoms with Crippen LogP contribution in [0.4, 0.5) is 0 Å². The summed E-state index contributed by atoms with van der Waals surface area (Å²) in [6.07, 6.45) is 10.7. The molecular formula is C13H21NO2. The number of rotatable bonds is 6. The lowest BCUT2D eigenvalue weighted by Gasteiger charge is -2.40. The van der Waals surface area contributed by atoms with Crippen molar-refractivity contribution in [1.29, 1.82) is 0 Å². The molecule has 1 aliphatic carbocycles. The van der Waals surface area contributed by atoms with Crippen LogP contribution in [0, 0.1) is 12.3 Å². The van der Waals surface area contributed by atoms with E-state index in [9.17, 15) is 4.79 Å². The molecule has 1 atom stereocenters. The van der Waals surface area contributed by atoms with E-state index >= 15 is 0 Å². The average molecular weight is 223 g/mol. The molecule has 0 saturated heterocycles. The van der Waals surface area contributed by atoms with Crippen molar-refractivity contribution in [2.75, 3.05) is 7.11 Å². The minimum atomic E-state index is -0.213. The number of amides is 1. The van der Waals surface area contributed by atoms with E-state index in [1.807, 2.05) is 0 Å². The number of nitrogens with one attached hydrogen (secondary N) is 1.